The van der Waals surface area contributed by atoms with Gasteiger partial charge in [-0.15, -0.1) is 0 Å². The number of nitrogens with one attached hydrogen (secondary N) is 2. The zero-order valence-electron chi connectivity index (χ0n) is 17.0. The van der Waals surface area contributed by atoms with E-state index >= 15 is 0 Å². The fourth-order valence-electron chi connectivity index (χ4n) is 3.63. The van der Waals surface area contributed by atoms with E-state index in [-0.39, 0.29) is 6.17 Å². The second kappa shape index (κ2) is 9.01. The Morgan fingerprint density at radius 1 is 1.28 bits per heavy atom. The van der Waals surface area contributed by atoms with Crippen LogP contribution in [0.3, 0.4) is 0 Å². The van der Waals surface area contributed by atoms with Crippen molar-refractivity contribution < 1.29 is 0 Å². The topological polar surface area (TPSA) is 68.9 Å². The first-order valence-corrected chi connectivity index (χ1v) is 9.91. The molecule has 1 saturated heterocycles. The van der Waals surface area contributed by atoms with Crippen LogP contribution in [0.25, 0.3) is 0 Å². The van der Waals surface area contributed by atoms with Gasteiger partial charge in [-0.05, 0) is 38.2 Å². The third-order valence-corrected chi connectivity index (χ3v) is 5.61. The standard InChI is InChI=1S/C19H38N6/c1-7-9-16(8-2)22-18-14(5)15(6)21-19(23-18)24-10-11-25(20)17(12-24)13(3)4/h13,16-18,22H,7-12,20H2,1-6H3,(H,21,23). The molecule has 0 radical (unpaired) electrons. The number of hydrazine groups is 1. The molecule has 6 nitrogen and oxygen atoms in total. The summed E-state index contributed by atoms with van der Waals surface area (Å²) in [6.07, 6.45) is 3.60. The maximum atomic E-state index is 6.19. The lowest BCUT2D eigenvalue weighted by Crippen LogP contribution is -2.61. The molecule has 0 aliphatic carbocycles. The molecule has 1 fully saturated rings. The molecule has 25 heavy (non-hydrogen) atoms. The summed E-state index contributed by atoms with van der Waals surface area (Å²) in [7, 11) is 0. The molecule has 3 unspecified atom stereocenters. The maximum absolute atomic E-state index is 6.19. The van der Waals surface area contributed by atoms with Crippen LogP contribution in [0.15, 0.2) is 16.3 Å². The quantitative estimate of drug-likeness (QED) is 0.641. The lowest BCUT2D eigenvalue weighted by molar-refractivity contribution is 0.0807. The molecule has 144 valence electrons. The molecule has 2 aliphatic rings. The van der Waals surface area contributed by atoms with Crippen molar-refractivity contribution in [1.29, 1.82) is 0 Å². The lowest BCUT2D eigenvalue weighted by atomic mass is 10.0. The van der Waals surface area contributed by atoms with Crippen molar-refractivity contribution in [3.8, 4) is 0 Å². The van der Waals surface area contributed by atoms with Crippen LogP contribution in [0.5, 0.6) is 0 Å². The molecule has 0 bridgehead atoms. The molecule has 2 rings (SSSR count). The number of allylic oxidation sites excluding steroid dienone is 1. The highest BCUT2D eigenvalue weighted by Gasteiger charge is 2.31. The Hall–Kier alpha value is -1.11. The summed E-state index contributed by atoms with van der Waals surface area (Å²) < 4.78 is 0. The van der Waals surface area contributed by atoms with Crippen molar-refractivity contribution in [2.45, 2.75) is 79.1 Å². The molecular weight excluding hydrogens is 312 g/mol. The van der Waals surface area contributed by atoms with Gasteiger partial charge in [0.05, 0.1) is 0 Å². The molecule has 0 aromatic rings. The van der Waals surface area contributed by atoms with E-state index in [1.165, 1.54) is 24.1 Å². The fourth-order valence-corrected chi connectivity index (χ4v) is 3.63. The van der Waals surface area contributed by atoms with Gasteiger partial charge in [0, 0.05) is 37.4 Å². The van der Waals surface area contributed by atoms with Gasteiger partial charge >= 0.3 is 0 Å². The van der Waals surface area contributed by atoms with E-state index in [4.69, 9.17) is 10.8 Å². The van der Waals surface area contributed by atoms with Crippen LogP contribution >= 0.6 is 0 Å². The first kappa shape index (κ1) is 20.2. The van der Waals surface area contributed by atoms with Crippen LogP contribution in [0.2, 0.25) is 0 Å². The monoisotopic (exact) mass is 350 g/mol. The zero-order valence-corrected chi connectivity index (χ0v) is 17.0. The van der Waals surface area contributed by atoms with Crippen molar-refractivity contribution in [1.82, 2.24) is 20.5 Å². The second-order valence-corrected chi connectivity index (χ2v) is 7.84. The minimum absolute atomic E-state index is 0.0705. The number of aliphatic imine (C=N–C) groups is 1. The third kappa shape index (κ3) is 4.96. The first-order chi connectivity index (χ1) is 11.9. The highest BCUT2D eigenvalue weighted by molar-refractivity contribution is 5.83. The van der Waals surface area contributed by atoms with Gasteiger partial charge in [0.2, 0.25) is 0 Å². The normalized spacial score (nSPS) is 26.7. The molecule has 3 atom stereocenters. The summed E-state index contributed by atoms with van der Waals surface area (Å²) >= 11 is 0. The number of piperazine rings is 1. The molecule has 0 aromatic heterocycles. The lowest BCUT2D eigenvalue weighted by Gasteiger charge is -2.43. The van der Waals surface area contributed by atoms with E-state index in [0.29, 0.717) is 18.0 Å². The predicted molar refractivity (Wildman–Crippen MR) is 106 cm³/mol. The Kier molecular flexibility index (Phi) is 7.28. The summed E-state index contributed by atoms with van der Waals surface area (Å²) in [6.45, 7) is 16.0. The molecule has 0 spiro atoms. The number of nitrogens with two attached hydrogens (primary N) is 1. The van der Waals surface area contributed by atoms with Gasteiger partial charge in [-0.1, -0.05) is 34.1 Å². The largest absolute Gasteiger partial charge is 0.340 e. The third-order valence-electron chi connectivity index (χ3n) is 5.61. The van der Waals surface area contributed by atoms with Gasteiger partial charge in [0.25, 0.3) is 0 Å². The van der Waals surface area contributed by atoms with E-state index in [0.717, 1.165) is 32.0 Å². The molecule has 0 saturated carbocycles. The van der Waals surface area contributed by atoms with Crippen molar-refractivity contribution in [2.75, 3.05) is 19.6 Å². The number of hydrogen-bond acceptors (Lipinski definition) is 6. The summed E-state index contributed by atoms with van der Waals surface area (Å²) in [5.41, 5.74) is 2.50. The van der Waals surface area contributed by atoms with Crippen LogP contribution in [0, 0.1) is 5.92 Å². The summed E-state index contributed by atoms with van der Waals surface area (Å²) in [5, 5.41) is 9.26. The van der Waals surface area contributed by atoms with Crippen molar-refractivity contribution in [3.63, 3.8) is 0 Å². The Morgan fingerprint density at radius 2 is 2.00 bits per heavy atom. The number of nitrogens with zero attached hydrogens (tertiary/aromatic N) is 3. The molecule has 2 heterocycles. The average Bonchev–Trinajstić information content (AvgIpc) is 2.58. The van der Waals surface area contributed by atoms with Crippen molar-refractivity contribution >= 4 is 5.96 Å². The minimum atomic E-state index is 0.0705. The number of rotatable bonds is 6. The Labute approximate surface area is 153 Å². The molecular formula is C19H38N6. The molecule has 6 heteroatoms. The number of hydrogen-bond donors (Lipinski definition) is 3. The Balaban J connectivity index is 2.13. The summed E-state index contributed by atoms with van der Waals surface area (Å²) in [4.78, 5) is 7.39. The average molecular weight is 351 g/mol. The van der Waals surface area contributed by atoms with Crippen LogP contribution in [0.4, 0.5) is 0 Å². The molecule has 4 N–H and O–H groups in total. The van der Waals surface area contributed by atoms with Gasteiger partial charge in [-0.3, -0.25) is 11.2 Å². The Bertz CT molecular complexity index is 498. The van der Waals surface area contributed by atoms with E-state index in [1.807, 2.05) is 5.01 Å². The van der Waals surface area contributed by atoms with E-state index in [1.54, 1.807) is 0 Å². The van der Waals surface area contributed by atoms with E-state index < -0.39 is 0 Å². The first-order valence-electron chi connectivity index (χ1n) is 9.91. The van der Waals surface area contributed by atoms with Crippen LogP contribution in [0.1, 0.15) is 60.8 Å². The molecule has 0 amide bonds. The minimum Gasteiger partial charge on any atom is -0.340 e. The summed E-state index contributed by atoms with van der Waals surface area (Å²) in [5.74, 6) is 7.71. The van der Waals surface area contributed by atoms with E-state index in [2.05, 4.69) is 57.1 Å². The summed E-state index contributed by atoms with van der Waals surface area (Å²) in [6, 6.07) is 0.880. The second-order valence-electron chi connectivity index (χ2n) is 7.84. The Morgan fingerprint density at radius 3 is 2.60 bits per heavy atom. The van der Waals surface area contributed by atoms with Crippen LogP contribution in [-0.4, -0.2) is 53.8 Å². The number of guanidine groups is 1. The smallest absolute Gasteiger partial charge is 0.200 e. The predicted octanol–water partition coefficient (Wildman–Crippen LogP) is 2.25. The van der Waals surface area contributed by atoms with Gasteiger partial charge in [-0.25, -0.2) is 10.0 Å². The van der Waals surface area contributed by atoms with Gasteiger partial charge in [0.15, 0.2) is 5.96 Å². The SMILES string of the molecule is CCCC(CC)NC1N=C(N2CCN(N)C(C(C)C)C2)NC(C)=C1C. The van der Waals surface area contributed by atoms with Gasteiger partial charge in [0.1, 0.15) is 6.17 Å². The zero-order chi connectivity index (χ0) is 18.6. The van der Waals surface area contributed by atoms with Gasteiger partial charge < -0.3 is 10.2 Å². The van der Waals surface area contributed by atoms with Crippen molar-refractivity contribution in [2.24, 2.45) is 16.8 Å². The fraction of sp³-hybridized carbons (Fsp3) is 0.842. The highest BCUT2D eigenvalue weighted by Crippen LogP contribution is 2.19. The highest BCUT2D eigenvalue weighted by atomic mass is 15.5. The van der Waals surface area contributed by atoms with Crippen LogP contribution in [-0.2, 0) is 0 Å². The maximum Gasteiger partial charge on any atom is 0.200 e. The van der Waals surface area contributed by atoms with E-state index in [9.17, 15) is 0 Å². The van der Waals surface area contributed by atoms with Gasteiger partial charge in [-0.2, -0.15) is 0 Å². The van der Waals surface area contributed by atoms with Crippen LogP contribution < -0.4 is 16.5 Å². The molecule has 2 aliphatic heterocycles. The molecule has 0 aromatic carbocycles. The van der Waals surface area contributed by atoms with Crippen molar-refractivity contribution in [3.05, 3.63) is 11.3 Å².